The van der Waals surface area contributed by atoms with Crippen LogP contribution in [0.15, 0.2) is 11.7 Å². The van der Waals surface area contributed by atoms with Crippen molar-refractivity contribution in [2.45, 2.75) is 6.54 Å². The lowest BCUT2D eigenvalue weighted by molar-refractivity contribution is 0.0595. The van der Waals surface area contributed by atoms with Crippen LogP contribution in [0.2, 0.25) is 0 Å². The van der Waals surface area contributed by atoms with Gasteiger partial charge in [0.05, 0.1) is 13.7 Å². The molecule has 2 aromatic rings. The number of nitrogens with zero attached hydrogens (tertiary/aromatic N) is 4. The third-order valence-corrected chi connectivity index (χ3v) is 2.90. The van der Waals surface area contributed by atoms with Crippen LogP contribution in [0, 0.1) is 0 Å². The predicted octanol–water partition coefficient (Wildman–Crippen LogP) is 0.670. The Balaban J connectivity index is 1.98. The Hall–Kier alpha value is -1.96. The van der Waals surface area contributed by atoms with E-state index in [0.29, 0.717) is 17.4 Å². The number of hydrogen-bond donors (Lipinski definition) is 1. The summed E-state index contributed by atoms with van der Waals surface area (Å²) in [6.07, 6.45) is 1.62. The molecule has 7 nitrogen and oxygen atoms in total. The van der Waals surface area contributed by atoms with E-state index in [2.05, 4.69) is 25.2 Å². The van der Waals surface area contributed by atoms with E-state index < -0.39 is 5.97 Å². The first-order chi connectivity index (χ1) is 8.20. The normalized spacial score (nSPS) is 10.2. The van der Waals surface area contributed by atoms with E-state index in [0.717, 1.165) is 5.82 Å². The highest BCUT2D eigenvalue weighted by atomic mass is 32.1. The van der Waals surface area contributed by atoms with Crippen LogP contribution in [0.4, 0.5) is 5.13 Å². The maximum Gasteiger partial charge on any atom is 0.357 e. The van der Waals surface area contributed by atoms with E-state index >= 15 is 0 Å². The minimum atomic E-state index is -0.437. The van der Waals surface area contributed by atoms with Crippen molar-refractivity contribution in [3.63, 3.8) is 0 Å². The van der Waals surface area contributed by atoms with Crippen molar-refractivity contribution < 1.29 is 9.53 Å². The fourth-order valence-corrected chi connectivity index (χ4v) is 1.85. The molecule has 0 aliphatic rings. The second-order valence-corrected chi connectivity index (χ2v) is 4.10. The summed E-state index contributed by atoms with van der Waals surface area (Å²) < 4.78 is 6.38. The number of aromatic nitrogens is 4. The molecular weight excluding hydrogens is 242 g/mol. The quantitative estimate of drug-likeness (QED) is 0.806. The van der Waals surface area contributed by atoms with Crippen LogP contribution in [0.25, 0.3) is 0 Å². The van der Waals surface area contributed by atoms with Crippen LogP contribution in [0.1, 0.15) is 16.3 Å². The van der Waals surface area contributed by atoms with Crippen molar-refractivity contribution in [3.8, 4) is 0 Å². The third kappa shape index (κ3) is 2.59. The van der Waals surface area contributed by atoms with Crippen LogP contribution in [-0.2, 0) is 18.3 Å². The summed E-state index contributed by atoms with van der Waals surface area (Å²) in [4.78, 5) is 15.3. The molecule has 0 saturated heterocycles. The van der Waals surface area contributed by atoms with Gasteiger partial charge < -0.3 is 14.6 Å². The third-order valence-electron chi connectivity index (χ3n) is 2.10. The number of rotatable bonds is 4. The Morgan fingerprint density at radius 3 is 3.12 bits per heavy atom. The van der Waals surface area contributed by atoms with Gasteiger partial charge in [-0.1, -0.05) is 0 Å². The Bertz CT molecular complexity index is 521. The predicted molar refractivity (Wildman–Crippen MR) is 61.8 cm³/mol. The molecule has 0 bridgehead atoms. The van der Waals surface area contributed by atoms with Crippen LogP contribution in [0.5, 0.6) is 0 Å². The molecule has 1 N–H and O–H groups in total. The van der Waals surface area contributed by atoms with Gasteiger partial charge in [-0.3, -0.25) is 0 Å². The fourth-order valence-electron chi connectivity index (χ4n) is 1.18. The van der Waals surface area contributed by atoms with Gasteiger partial charge in [0.25, 0.3) is 0 Å². The lowest BCUT2D eigenvalue weighted by Crippen LogP contribution is -2.06. The molecule has 0 aliphatic carbocycles. The molecule has 0 unspecified atom stereocenters. The van der Waals surface area contributed by atoms with Crippen LogP contribution >= 0.6 is 11.3 Å². The van der Waals surface area contributed by atoms with E-state index in [1.165, 1.54) is 18.4 Å². The summed E-state index contributed by atoms with van der Waals surface area (Å²) in [6, 6.07) is 0. The maximum absolute atomic E-state index is 11.2. The number of esters is 1. The second-order valence-electron chi connectivity index (χ2n) is 3.24. The number of anilines is 1. The van der Waals surface area contributed by atoms with E-state index in [-0.39, 0.29) is 0 Å². The standard InChI is InChI=1S/C9H11N5O2S/c1-14-5-11-13-7(14)3-10-9-12-6(4-17-9)8(15)16-2/h4-5H,3H2,1-2H3,(H,10,12). The highest BCUT2D eigenvalue weighted by Gasteiger charge is 2.10. The lowest BCUT2D eigenvalue weighted by atomic mass is 10.5. The molecule has 8 heteroatoms. The zero-order valence-electron chi connectivity index (χ0n) is 9.38. The molecule has 0 atom stereocenters. The molecular formula is C9H11N5O2S. The Labute approximate surface area is 101 Å². The number of carbonyl (C=O) groups excluding carboxylic acids is 1. The molecule has 17 heavy (non-hydrogen) atoms. The number of ether oxygens (including phenoxy) is 1. The van der Waals surface area contributed by atoms with Crippen molar-refractivity contribution in [2.24, 2.45) is 7.05 Å². The number of thiazole rings is 1. The van der Waals surface area contributed by atoms with Gasteiger partial charge in [0, 0.05) is 12.4 Å². The van der Waals surface area contributed by atoms with Gasteiger partial charge >= 0.3 is 5.97 Å². The molecule has 0 spiro atoms. The molecule has 0 radical (unpaired) electrons. The SMILES string of the molecule is COC(=O)c1csc(NCc2nncn2C)n1. The summed E-state index contributed by atoms with van der Waals surface area (Å²) in [5.74, 6) is 0.354. The zero-order chi connectivity index (χ0) is 12.3. The number of aryl methyl sites for hydroxylation is 1. The monoisotopic (exact) mass is 253 g/mol. The Morgan fingerprint density at radius 1 is 1.65 bits per heavy atom. The molecule has 2 rings (SSSR count). The Kier molecular flexibility index (Phi) is 3.33. The number of methoxy groups -OCH3 is 1. The summed E-state index contributed by atoms with van der Waals surface area (Å²) in [6.45, 7) is 0.505. The van der Waals surface area contributed by atoms with Gasteiger partial charge in [-0.2, -0.15) is 0 Å². The molecule has 90 valence electrons. The van der Waals surface area contributed by atoms with Crippen molar-refractivity contribution >= 4 is 22.4 Å². The average Bonchev–Trinajstić information content (AvgIpc) is 2.94. The Morgan fingerprint density at radius 2 is 2.47 bits per heavy atom. The van der Waals surface area contributed by atoms with Crippen molar-refractivity contribution in [3.05, 3.63) is 23.2 Å². The average molecular weight is 253 g/mol. The molecule has 2 aromatic heterocycles. The summed E-state index contributed by atoms with van der Waals surface area (Å²) in [7, 11) is 3.19. The summed E-state index contributed by atoms with van der Waals surface area (Å²) in [5, 5.41) is 13.0. The molecule has 2 heterocycles. The molecule has 0 aromatic carbocycles. The van der Waals surface area contributed by atoms with Crippen LogP contribution in [0.3, 0.4) is 0 Å². The van der Waals surface area contributed by atoms with Gasteiger partial charge in [-0.25, -0.2) is 9.78 Å². The lowest BCUT2D eigenvalue weighted by Gasteiger charge is -2.01. The van der Waals surface area contributed by atoms with E-state index in [4.69, 9.17) is 0 Å². The van der Waals surface area contributed by atoms with Gasteiger partial charge in [-0.15, -0.1) is 21.5 Å². The molecule has 0 aliphatic heterocycles. The highest BCUT2D eigenvalue weighted by Crippen LogP contribution is 2.16. The van der Waals surface area contributed by atoms with Crippen molar-refractivity contribution in [1.29, 1.82) is 0 Å². The van der Waals surface area contributed by atoms with E-state index in [9.17, 15) is 4.79 Å². The summed E-state index contributed by atoms with van der Waals surface area (Å²) >= 11 is 1.34. The van der Waals surface area contributed by atoms with Crippen molar-refractivity contribution in [1.82, 2.24) is 19.7 Å². The molecule has 0 fully saturated rings. The second kappa shape index (κ2) is 4.91. The smallest absolute Gasteiger partial charge is 0.357 e. The van der Waals surface area contributed by atoms with Gasteiger partial charge in [0.15, 0.2) is 16.6 Å². The highest BCUT2D eigenvalue weighted by molar-refractivity contribution is 7.13. The first-order valence-corrected chi connectivity index (χ1v) is 5.69. The van der Waals surface area contributed by atoms with Gasteiger partial charge in [0.2, 0.25) is 0 Å². The van der Waals surface area contributed by atoms with Gasteiger partial charge in [-0.05, 0) is 0 Å². The minimum Gasteiger partial charge on any atom is -0.464 e. The number of nitrogens with one attached hydrogen (secondary N) is 1. The summed E-state index contributed by atoms with van der Waals surface area (Å²) in [5.41, 5.74) is 0.304. The first-order valence-electron chi connectivity index (χ1n) is 4.81. The van der Waals surface area contributed by atoms with Crippen molar-refractivity contribution in [2.75, 3.05) is 12.4 Å². The topological polar surface area (TPSA) is 81.9 Å². The molecule has 0 amide bonds. The van der Waals surface area contributed by atoms with Gasteiger partial charge in [0.1, 0.15) is 6.33 Å². The maximum atomic E-state index is 11.2. The van der Waals surface area contributed by atoms with Crippen LogP contribution < -0.4 is 5.32 Å². The zero-order valence-corrected chi connectivity index (χ0v) is 10.2. The fraction of sp³-hybridized carbons (Fsp3) is 0.333. The van der Waals surface area contributed by atoms with E-state index in [1.54, 1.807) is 11.7 Å². The first kappa shape index (κ1) is 11.5. The largest absolute Gasteiger partial charge is 0.464 e. The van der Waals surface area contributed by atoms with E-state index in [1.807, 2.05) is 11.6 Å². The van der Waals surface area contributed by atoms with Crippen LogP contribution in [-0.4, -0.2) is 32.8 Å². The number of carbonyl (C=O) groups is 1. The number of hydrogen-bond acceptors (Lipinski definition) is 7. The molecule has 0 saturated carbocycles. The minimum absolute atomic E-state index is 0.304.